The van der Waals surface area contributed by atoms with Crippen molar-refractivity contribution in [1.29, 1.82) is 0 Å². The molecule has 0 aromatic heterocycles. The Kier molecular flexibility index (Phi) is 7.92. The molecule has 5 heteroatoms. The Bertz CT molecular complexity index is 531. The zero-order valence-corrected chi connectivity index (χ0v) is 15.5. The third-order valence-corrected chi connectivity index (χ3v) is 6.49. The maximum Gasteiger partial charge on any atom is 0.182 e. The van der Waals surface area contributed by atoms with Crippen molar-refractivity contribution in [3.05, 3.63) is 28.7 Å². The van der Waals surface area contributed by atoms with E-state index in [1.807, 2.05) is 13.0 Å². The molecule has 21 heavy (non-hydrogen) atoms. The highest BCUT2D eigenvalue weighted by Gasteiger charge is 2.32. The van der Waals surface area contributed by atoms with Crippen LogP contribution in [0, 0.1) is 0 Å². The zero-order chi connectivity index (χ0) is 15.9. The first-order valence-corrected chi connectivity index (χ1v) is 10.0. The SMILES string of the molecule is CCCNC(CCC)C(CC)S(=O)(=O)c1cccc(Br)c1. The second-order valence-corrected chi connectivity index (χ2v) is 8.38. The Labute approximate surface area is 137 Å². The molecule has 0 heterocycles. The molecule has 0 saturated carbocycles. The standard InChI is InChI=1S/C16H26BrNO2S/c1-4-8-15(18-11-5-2)16(6-3)21(19,20)14-10-7-9-13(17)12-14/h7,9-10,12,15-16,18H,4-6,8,11H2,1-3H3. The van der Waals surface area contributed by atoms with Crippen molar-refractivity contribution >= 4 is 25.8 Å². The lowest BCUT2D eigenvalue weighted by Crippen LogP contribution is -2.44. The van der Waals surface area contributed by atoms with Crippen molar-refractivity contribution in [3.8, 4) is 0 Å². The Balaban J connectivity index is 3.09. The molecular weight excluding hydrogens is 350 g/mol. The minimum Gasteiger partial charge on any atom is -0.313 e. The number of benzene rings is 1. The van der Waals surface area contributed by atoms with Crippen LogP contribution in [-0.2, 0) is 9.84 Å². The molecule has 0 spiro atoms. The van der Waals surface area contributed by atoms with E-state index in [4.69, 9.17) is 0 Å². The quantitative estimate of drug-likeness (QED) is 0.704. The summed E-state index contributed by atoms with van der Waals surface area (Å²) in [4.78, 5) is 0.406. The fraction of sp³-hybridized carbons (Fsp3) is 0.625. The lowest BCUT2D eigenvalue weighted by atomic mass is 10.1. The molecule has 120 valence electrons. The summed E-state index contributed by atoms with van der Waals surface area (Å²) < 4.78 is 26.7. The lowest BCUT2D eigenvalue weighted by Gasteiger charge is -2.27. The average Bonchev–Trinajstić information content (AvgIpc) is 2.45. The van der Waals surface area contributed by atoms with Gasteiger partial charge in [0.15, 0.2) is 9.84 Å². The highest BCUT2D eigenvalue weighted by Crippen LogP contribution is 2.25. The molecule has 2 atom stereocenters. The van der Waals surface area contributed by atoms with E-state index in [2.05, 4.69) is 35.1 Å². The predicted octanol–water partition coefficient (Wildman–Crippen LogP) is 4.17. The first-order valence-electron chi connectivity index (χ1n) is 7.70. The molecule has 2 unspecified atom stereocenters. The molecule has 1 aromatic carbocycles. The molecule has 0 aliphatic carbocycles. The number of hydrogen-bond acceptors (Lipinski definition) is 3. The number of nitrogens with one attached hydrogen (secondary N) is 1. The van der Waals surface area contributed by atoms with E-state index in [0.717, 1.165) is 30.3 Å². The van der Waals surface area contributed by atoms with E-state index >= 15 is 0 Å². The van der Waals surface area contributed by atoms with Crippen LogP contribution in [0.2, 0.25) is 0 Å². The van der Waals surface area contributed by atoms with Crippen LogP contribution >= 0.6 is 15.9 Å². The number of halogens is 1. The van der Waals surface area contributed by atoms with Gasteiger partial charge in [0.2, 0.25) is 0 Å². The van der Waals surface area contributed by atoms with Crippen LogP contribution in [0.5, 0.6) is 0 Å². The largest absolute Gasteiger partial charge is 0.313 e. The van der Waals surface area contributed by atoms with Gasteiger partial charge >= 0.3 is 0 Å². The summed E-state index contributed by atoms with van der Waals surface area (Å²) in [6, 6.07) is 7.02. The van der Waals surface area contributed by atoms with Gasteiger partial charge in [0.25, 0.3) is 0 Å². The molecule has 1 N–H and O–H groups in total. The summed E-state index contributed by atoms with van der Waals surface area (Å²) in [5, 5.41) is 3.04. The van der Waals surface area contributed by atoms with Gasteiger partial charge in [-0.3, -0.25) is 0 Å². The van der Waals surface area contributed by atoms with Gasteiger partial charge in [0, 0.05) is 10.5 Å². The van der Waals surface area contributed by atoms with E-state index in [1.54, 1.807) is 18.2 Å². The van der Waals surface area contributed by atoms with Crippen molar-refractivity contribution in [1.82, 2.24) is 5.32 Å². The number of sulfone groups is 1. The molecule has 1 aromatic rings. The molecule has 0 radical (unpaired) electrons. The highest BCUT2D eigenvalue weighted by atomic mass is 79.9. The van der Waals surface area contributed by atoms with Gasteiger partial charge < -0.3 is 5.32 Å². The van der Waals surface area contributed by atoms with E-state index in [1.165, 1.54) is 0 Å². The van der Waals surface area contributed by atoms with Crippen LogP contribution in [0.1, 0.15) is 46.5 Å². The summed E-state index contributed by atoms with van der Waals surface area (Å²) in [5.74, 6) is 0. The van der Waals surface area contributed by atoms with Crippen LogP contribution < -0.4 is 5.32 Å². The van der Waals surface area contributed by atoms with Crippen molar-refractivity contribution < 1.29 is 8.42 Å². The molecule has 0 aliphatic heterocycles. The van der Waals surface area contributed by atoms with E-state index in [-0.39, 0.29) is 11.3 Å². The summed E-state index contributed by atoms with van der Waals surface area (Å²) in [7, 11) is -3.32. The maximum atomic E-state index is 12.9. The van der Waals surface area contributed by atoms with Gasteiger partial charge in [0.05, 0.1) is 10.1 Å². The summed E-state index contributed by atoms with van der Waals surface area (Å²) >= 11 is 3.36. The summed E-state index contributed by atoms with van der Waals surface area (Å²) in [6.07, 6.45) is 3.49. The third-order valence-electron chi connectivity index (χ3n) is 3.63. The van der Waals surface area contributed by atoms with Crippen LogP contribution in [0.3, 0.4) is 0 Å². The van der Waals surface area contributed by atoms with Crippen LogP contribution in [0.15, 0.2) is 33.6 Å². The fourth-order valence-corrected chi connectivity index (χ4v) is 5.16. The second kappa shape index (κ2) is 8.91. The van der Waals surface area contributed by atoms with Crippen molar-refractivity contribution in [2.24, 2.45) is 0 Å². The van der Waals surface area contributed by atoms with Crippen molar-refractivity contribution in [3.63, 3.8) is 0 Å². The smallest absolute Gasteiger partial charge is 0.182 e. The Hall–Kier alpha value is -0.390. The predicted molar refractivity (Wildman–Crippen MR) is 92.4 cm³/mol. The van der Waals surface area contributed by atoms with Crippen molar-refractivity contribution in [2.75, 3.05) is 6.54 Å². The summed E-state index contributed by atoms with van der Waals surface area (Å²) in [6.45, 7) is 7.00. The zero-order valence-electron chi connectivity index (χ0n) is 13.1. The molecule has 0 amide bonds. The van der Waals surface area contributed by atoms with E-state index in [0.29, 0.717) is 11.3 Å². The van der Waals surface area contributed by atoms with E-state index < -0.39 is 9.84 Å². The van der Waals surface area contributed by atoms with Gasteiger partial charge in [-0.2, -0.15) is 0 Å². The molecule has 0 saturated heterocycles. The second-order valence-electron chi connectivity index (χ2n) is 5.30. The molecular formula is C16H26BrNO2S. The highest BCUT2D eigenvalue weighted by molar-refractivity contribution is 9.10. The van der Waals surface area contributed by atoms with Gasteiger partial charge in [0.1, 0.15) is 0 Å². The van der Waals surface area contributed by atoms with Gasteiger partial charge in [-0.15, -0.1) is 0 Å². The Morgan fingerprint density at radius 2 is 1.90 bits per heavy atom. The van der Waals surface area contributed by atoms with Gasteiger partial charge in [-0.1, -0.05) is 49.2 Å². The van der Waals surface area contributed by atoms with Gasteiger partial charge in [-0.25, -0.2) is 8.42 Å². The molecule has 1 rings (SSSR count). The lowest BCUT2D eigenvalue weighted by molar-refractivity contribution is 0.436. The van der Waals surface area contributed by atoms with Crippen LogP contribution in [-0.4, -0.2) is 26.3 Å². The normalized spacial score (nSPS) is 14.9. The van der Waals surface area contributed by atoms with Crippen molar-refractivity contribution in [2.45, 2.75) is 62.6 Å². The number of hydrogen-bond donors (Lipinski definition) is 1. The fourth-order valence-electron chi connectivity index (χ4n) is 2.60. The summed E-state index contributed by atoms with van der Waals surface area (Å²) in [5.41, 5.74) is 0. The number of rotatable bonds is 9. The van der Waals surface area contributed by atoms with Crippen LogP contribution in [0.4, 0.5) is 0 Å². The minimum atomic E-state index is -3.32. The first-order chi connectivity index (χ1) is 9.97. The van der Waals surface area contributed by atoms with E-state index in [9.17, 15) is 8.42 Å². The minimum absolute atomic E-state index is 0.0175. The average molecular weight is 376 g/mol. The maximum absolute atomic E-state index is 12.9. The molecule has 0 fully saturated rings. The Morgan fingerprint density at radius 1 is 1.19 bits per heavy atom. The molecule has 3 nitrogen and oxygen atoms in total. The molecule has 0 aliphatic rings. The first kappa shape index (κ1) is 18.7. The monoisotopic (exact) mass is 375 g/mol. The third kappa shape index (κ3) is 5.08. The topological polar surface area (TPSA) is 46.2 Å². The Morgan fingerprint density at radius 3 is 2.43 bits per heavy atom. The molecule has 0 bridgehead atoms. The van der Waals surface area contributed by atoms with Crippen LogP contribution in [0.25, 0.3) is 0 Å². The van der Waals surface area contributed by atoms with Gasteiger partial charge in [-0.05, 0) is 44.0 Å².